The number of carboxylic acids is 1. The van der Waals surface area contributed by atoms with Crippen molar-refractivity contribution in [1.29, 1.82) is 0 Å². The predicted molar refractivity (Wildman–Crippen MR) is 59.9 cm³/mol. The number of hydrogen-bond donors (Lipinski definition) is 3. The fraction of sp³-hybridized carbons (Fsp3) is 0.818. The molecule has 0 saturated heterocycles. The third kappa shape index (κ3) is 5.11. The Morgan fingerprint density at radius 3 is 2.00 bits per heavy atom. The first kappa shape index (κ1) is 14.9. The topological polar surface area (TPSA) is 86.6 Å². The Morgan fingerprint density at radius 1 is 1.19 bits per heavy atom. The molecule has 0 aliphatic heterocycles. The van der Waals surface area contributed by atoms with Crippen LogP contribution in [0.4, 0.5) is 0 Å². The predicted octanol–water partition coefficient (Wildman–Crippen LogP) is 0.619. The van der Waals surface area contributed by atoms with Gasteiger partial charge in [0.25, 0.3) is 0 Å². The van der Waals surface area contributed by atoms with Crippen molar-refractivity contribution in [2.75, 3.05) is 0 Å². The molecule has 1 amide bonds. The quantitative estimate of drug-likeness (QED) is 0.625. The molecule has 0 aromatic rings. The maximum atomic E-state index is 11.5. The minimum atomic E-state index is -1.14. The van der Waals surface area contributed by atoms with Gasteiger partial charge in [0.1, 0.15) is 12.1 Å². The average molecular weight is 231 g/mol. The molecule has 0 fully saturated rings. The van der Waals surface area contributed by atoms with Crippen LogP contribution < -0.4 is 5.32 Å². The smallest absolute Gasteiger partial charge is 0.326 e. The summed E-state index contributed by atoms with van der Waals surface area (Å²) in [6.45, 7) is 7.17. The molecule has 5 nitrogen and oxygen atoms in total. The number of nitrogens with one attached hydrogen (secondary N) is 1. The normalized spacial score (nSPS) is 14.9. The third-order valence-electron chi connectivity index (χ3n) is 2.23. The van der Waals surface area contributed by atoms with Crippen molar-refractivity contribution in [2.24, 2.45) is 11.8 Å². The standard InChI is InChI=1S/C11H21NO4/c1-6(2)5-8(13)10(14)12-9(7(3)4)11(15)16/h6-9,13H,5H2,1-4H3,(H,12,14)(H,15,16)/t8-,9+/m1/s1. The molecule has 16 heavy (non-hydrogen) atoms. The zero-order valence-electron chi connectivity index (χ0n) is 10.2. The van der Waals surface area contributed by atoms with Gasteiger partial charge in [-0.1, -0.05) is 27.7 Å². The van der Waals surface area contributed by atoms with Crippen LogP contribution in [0.3, 0.4) is 0 Å². The fourth-order valence-corrected chi connectivity index (χ4v) is 1.32. The van der Waals surface area contributed by atoms with E-state index in [1.807, 2.05) is 13.8 Å². The summed E-state index contributed by atoms with van der Waals surface area (Å²) < 4.78 is 0. The molecule has 0 aromatic carbocycles. The number of carbonyl (C=O) groups is 2. The summed E-state index contributed by atoms with van der Waals surface area (Å²) in [7, 11) is 0. The summed E-state index contributed by atoms with van der Waals surface area (Å²) in [5, 5.41) is 20.7. The number of rotatable bonds is 6. The van der Waals surface area contributed by atoms with Crippen molar-refractivity contribution in [3.63, 3.8) is 0 Å². The van der Waals surface area contributed by atoms with Crippen LogP contribution in [0.25, 0.3) is 0 Å². The molecule has 0 aliphatic carbocycles. The Hall–Kier alpha value is -1.10. The summed E-state index contributed by atoms with van der Waals surface area (Å²) in [5.74, 6) is -1.73. The molecule has 0 aliphatic rings. The lowest BCUT2D eigenvalue weighted by Crippen LogP contribution is -2.48. The average Bonchev–Trinajstić information content (AvgIpc) is 2.11. The molecule has 94 valence electrons. The lowest BCUT2D eigenvalue weighted by atomic mass is 10.0. The van der Waals surface area contributed by atoms with Gasteiger partial charge in [0.2, 0.25) is 5.91 Å². The SMILES string of the molecule is CC(C)C[C@@H](O)C(=O)N[C@H](C(=O)O)C(C)C. The highest BCUT2D eigenvalue weighted by Crippen LogP contribution is 2.07. The van der Waals surface area contributed by atoms with Gasteiger partial charge in [-0.15, -0.1) is 0 Å². The molecule has 0 rings (SSSR count). The maximum Gasteiger partial charge on any atom is 0.326 e. The number of aliphatic hydroxyl groups is 1. The minimum absolute atomic E-state index is 0.183. The Morgan fingerprint density at radius 2 is 1.69 bits per heavy atom. The van der Waals surface area contributed by atoms with Crippen LogP contribution in [-0.4, -0.2) is 34.2 Å². The van der Waals surface area contributed by atoms with Crippen molar-refractivity contribution in [3.8, 4) is 0 Å². The molecule has 0 unspecified atom stereocenters. The van der Waals surface area contributed by atoms with Gasteiger partial charge in [0, 0.05) is 0 Å². The Kier molecular flexibility index (Phi) is 6.03. The van der Waals surface area contributed by atoms with Crippen LogP contribution in [-0.2, 0) is 9.59 Å². The van der Waals surface area contributed by atoms with E-state index in [1.165, 1.54) is 0 Å². The van der Waals surface area contributed by atoms with Crippen molar-refractivity contribution >= 4 is 11.9 Å². The lowest BCUT2D eigenvalue weighted by Gasteiger charge is -2.20. The van der Waals surface area contributed by atoms with Gasteiger partial charge in [-0.25, -0.2) is 4.79 Å². The van der Waals surface area contributed by atoms with Crippen LogP contribution in [0.1, 0.15) is 34.1 Å². The van der Waals surface area contributed by atoms with Crippen molar-refractivity contribution in [2.45, 2.75) is 46.3 Å². The zero-order valence-corrected chi connectivity index (χ0v) is 10.2. The number of hydrogen-bond acceptors (Lipinski definition) is 3. The van der Waals surface area contributed by atoms with Gasteiger partial charge in [0.15, 0.2) is 0 Å². The summed E-state index contributed by atoms with van der Waals surface area (Å²) in [6.07, 6.45) is -0.809. The van der Waals surface area contributed by atoms with Gasteiger partial charge in [0.05, 0.1) is 0 Å². The van der Waals surface area contributed by atoms with E-state index in [9.17, 15) is 14.7 Å². The van der Waals surface area contributed by atoms with E-state index in [-0.39, 0.29) is 11.8 Å². The third-order valence-corrected chi connectivity index (χ3v) is 2.23. The van der Waals surface area contributed by atoms with Gasteiger partial charge >= 0.3 is 5.97 Å². The molecule has 0 saturated carbocycles. The van der Waals surface area contributed by atoms with Crippen LogP contribution in [0.5, 0.6) is 0 Å². The van der Waals surface area contributed by atoms with Crippen LogP contribution in [0, 0.1) is 11.8 Å². The fourth-order valence-electron chi connectivity index (χ4n) is 1.32. The highest BCUT2D eigenvalue weighted by atomic mass is 16.4. The molecule has 3 N–H and O–H groups in total. The van der Waals surface area contributed by atoms with E-state index >= 15 is 0 Å². The molecule has 0 spiro atoms. The first-order chi connectivity index (χ1) is 7.25. The van der Waals surface area contributed by atoms with Crippen molar-refractivity contribution in [3.05, 3.63) is 0 Å². The van der Waals surface area contributed by atoms with E-state index in [2.05, 4.69) is 5.32 Å². The van der Waals surface area contributed by atoms with Crippen LogP contribution >= 0.6 is 0 Å². The zero-order chi connectivity index (χ0) is 12.9. The van der Waals surface area contributed by atoms with Gasteiger partial charge in [-0.05, 0) is 18.3 Å². The van der Waals surface area contributed by atoms with E-state index < -0.39 is 24.0 Å². The van der Waals surface area contributed by atoms with Gasteiger partial charge < -0.3 is 15.5 Å². The molecule has 0 radical (unpaired) electrons. The number of carbonyl (C=O) groups excluding carboxylic acids is 1. The molecular formula is C11H21NO4. The summed E-state index contributed by atoms with van der Waals surface area (Å²) in [5.41, 5.74) is 0. The Labute approximate surface area is 95.9 Å². The summed E-state index contributed by atoms with van der Waals surface area (Å²) in [6, 6.07) is -0.950. The van der Waals surface area contributed by atoms with Crippen molar-refractivity contribution < 1.29 is 19.8 Å². The first-order valence-electron chi connectivity index (χ1n) is 5.47. The Balaban J connectivity index is 4.35. The Bertz CT molecular complexity index is 250. The summed E-state index contributed by atoms with van der Waals surface area (Å²) in [4.78, 5) is 22.3. The number of aliphatic hydroxyl groups excluding tert-OH is 1. The van der Waals surface area contributed by atoms with E-state index in [1.54, 1.807) is 13.8 Å². The second-order valence-electron chi connectivity index (χ2n) is 4.71. The summed E-state index contributed by atoms with van der Waals surface area (Å²) >= 11 is 0. The number of carboxylic acid groups (broad SMARTS) is 1. The maximum absolute atomic E-state index is 11.5. The lowest BCUT2D eigenvalue weighted by molar-refractivity contribution is -0.144. The second kappa shape index (κ2) is 6.48. The monoisotopic (exact) mass is 231 g/mol. The first-order valence-corrected chi connectivity index (χ1v) is 5.47. The molecule has 0 heterocycles. The molecule has 0 aromatic heterocycles. The van der Waals surface area contributed by atoms with Crippen LogP contribution in [0.15, 0.2) is 0 Å². The molecule has 0 bridgehead atoms. The van der Waals surface area contributed by atoms with E-state index in [4.69, 9.17) is 5.11 Å². The minimum Gasteiger partial charge on any atom is -0.480 e. The second-order valence-corrected chi connectivity index (χ2v) is 4.71. The number of amides is 1. The molecule has 5 heteroatoms. The van der Waals surface area contributed by atoms with Gasteiger partial charge in [-0.3, -0.25) is 4.79 Å². The van der Waals surface area contributed by atoms with Crippen molar-refractivity contribution in [1.82, 2.24) is 5.32 Å². The van der Waals surface area contributed by atoms with E-state index in [0.29, 0.717) is 6.42 Å². The van der Waals surface area contributed by atoms with E-state index in [0.717, 1.165) is 0 Å². The molecule has 2 atom stereocenters. The highest BCUT2D eigenvalue weighted by molar-refractivity contribution is 5.86. The highest BCUT2D eigenvalue weighted by Gasteiger charge is 2.26. The van der Waals surface area contributed by atoms with Crippen LogP contribution in [0.2, 0.25) is 0 Å². The van der Waals surface area contributed by atoms with Gasteiger partial charge in [-0.2, -0.15) is 0 Å². The largest absolute Gasteiger partial charge is 0.480 e. The molecular weight excluding hydrogens is 210 g/mol. The number of aliphatic carboxylic acids is 1.